The third-order valence-electron chi connectivity index (χ3n) is 7.03. The van der Waals surface area contributed by atoms with Gasteiger partial charge >= 0.3 is 0 Å². The van der Waals surface area contributed by atoms with Crippen LogP contribution >= 0.6 is 15.9 Å². The van der Waals surface area contributed by atoms with Gasteiger partial charge < -0.3 is 10.2 Å². The Morgan fingerprint density at radius 1 is 0.833 bits per heavy atom. The van der Waals surface area contributed by atoms with Crippen LogP contribution in [0.4, 0.5) is 5.69 Å². The first kappa shape index (κ1) is 31.0. The van der Waals surface area contributed by atoms with Crippen LogP contribution in [0.25, 0.3) is 0 Å². The van der Waals surface area contributed by atoms with E-state index >= 15 is 0 Å². The number of nitrogens with one attached hydrogen (secondary N) is 1. The van der Waals surface area contributed by atoms with E-state index in [-0.39, 0.29) is 23.8 Å². The number of halogens is 1. The van der Waals surface area contributed by atoms with Crippen LogP contribution in [0.5, 0.6) is 0 Å². The van der Waals surface area contributed by atoms with Crippen molar-refractivity contribution in [1.29, 1.82) is 0 Å². The summed E-state index contributed by atoms with van der Waals surface area (Å²) in [5.74, 6) is -0.843. The highest BCUT2D eigenvalue weighted by Gasteiger charge is 2.34. The zero-order valence-corrected chi connectivity index (χ0v) is 26.2. The zero-order chi connectivity index (χ0) is 30.3. The molecule has 0 spiro atoms. The van der Waals surface area contributed by atoms with Crippen molar-refractivity contribution in [3.8, 4) is 0 Å². The normalized spacial score (nSPS) is 11.9. The number of carbonyl (C=O) groups excluding carboxylic acids is 2. The lowest BCUT2D eigenvalue weighted by Gasteiger charge is -2.34. The van der Waals surface area contributed by atoms with Crippen molar-refractivity contribution in [2.24, 2.45) is 0 Å². The number of rotatable bonds is 11. The van der Waals surface area contributed by atoms with E-state index in [2.05, 4.69) is 21.2 Å². The van der Waals surface area contributed by atoms with Crippen molar-refractivity contribution in [3.05, 3.63) is 130 Å². The quantitative estimate of drug-likeness (QED) is 0.228. The summed E-state index contributed by atoms with van der Waals surface area (Å²) in [5, 5.41) is 2.70. The van der Waals surface area contributed by atoms with Gasteiger partial charge in [0.2, 0.25) is 11.8 Å². The summed E-state index contributed by atoms with van der Waals surface area (Å²) in [7, 11) is -2.60. The number of aryl methyl sites for hydroxylation is 2. The predicted molar refractivity (Wildman–Crippen MR) is 170 cm³/mol. The molecule has 0 unspecified atom stereocenters. The standard InChI is InChI=1S/C33H34BrN3O4S/c1-24-16-18-29(19-17-24)42(40,41)37(30-15-8-7-10-25(30)2)23-32(38)36(22-27-13-9-14-28(34)20-27)31(33(39)35-3)21-26-11-5-4-6-12-26/h4-20,31H,21-23H2,1-3H3,(H,35,39)/t31-/m1/s1. The number of likely N-dealkylation sites (N-methyl/N-ethyl adjacent to an activating group) is 1. The lowest BCUT2D eigenvalue weighted by molar-refractivity contribution is -0.139. The molecular formula is C33H34BrN3O4S. The van der Waals surface area contributed by atoms with Crippen molar-refractivity contribution >= 4 is 43.5 Å². The highest BCUT2D eigenvalue weighted by Crippen LogP contribution is 2.28. The largest absolute Gasteiger partial charge is 0.357 e. The maximum Gasteiger partial charge on any atom is 0.264 e. The van der Waals surface area contributed by atoms with Crippen LogP contribution in [0, 0.1) is 13.8 Å². The van der Waals surface area contributed by atoms with Crippen LogP contribution < -0.4 is 9.62 Å². The van der Waals surface area contributed by atoms with Gasteiger partial charge in [-0.25, -0.2) is 8.42 Å². The Kier molecular flexibility index (Phi) is 10.2. The van der Waals surface area contributed by atoms with Crippen molar-refractivity contribution in [1.82, 2.24) is 10.2 Å². The van der Waals surface area contributed by atoms with Gasteiger partial charge in [0.25, 0.3) is 10.0 Å². The zero-order valence-electron chi connectivity index (χ0n) is 23.8. The maximum atomic E-state index is 14.3. The molecular weight excluding hydrogens is 614 g/mol. The Morgan fingerprint density at radius 2 is 1.48 bits per heavy atom. The Balaban J connectivity index is 1.80. The Bertz CT molecular complexity index is 1640. The highest BCUT2D eigenvalue weighted by molar-refractivity contribution is 9.10. The molecule has 0 aliphatic carbocycles. The van der Waals surface area contributed by atoms with Crippen LogP contribution in [0.2, 0.25) is 0 Å². The number of nitrogens with zero attached hydrogens (tertiary/aromatic N) is 2. The minimum atomic E-state index is -4.13. The van der Waals surface area contributed by atoms with E-state index in [1.165, 1.54) is 11.9 Å². The smallest absolute Gasteiger partial charge is 0.264 e. The fourth-order valence-electron chi connectivity index (χ4n) is 4.75. The second kappa shape index (κ2) is 13.8. The van der Waals surface area contributed by atoms with Gasteiger partial charge in [-0.1, -0.05) is 94.3 Å². The third kappa shape index (κ3) is 7.46. The molecule has 218 valence electrons. The van der Waals surface area contributed by atoms with Crippen LogP contribution in [0.3, 0.4) is 0 Å². The van der Waals surface area contributed by atoms with Crippen molar-refractivity contribution in [2.75, 3.05) is 17.9 Å². The van der Waals surface area contributed by atoms with E-state index in [9.17, 15) is 18.0 Å². The van der Waals surface area contributed by atoms with Gasteiger partial charge in [-0.15, -0.1) is 0 Å². The summed E-state index contributed by atoms with van der Waals surface area (Å²) < 4.78 is 30.1. The average Bonchev–Trinajstić information content (AvgIpc) is 2.98. The van der Waals surface area contributed by atoms with E-state index in [4.69, 9.17) is 0 Å². The summed E-state index contributed by atoms with van der Waals surface area (Å²) in [4.78, 5) is 29.2. The molecule has 4 aromatic rings. The Labute approximate surface area is 256 Å². The van der Waals surface area contributed by atoms with E-state index in [1.807, 2.05) is 67.6 Å². The number of amides is 2. The fourth-order valence-corrected chi connectivity index (χ4v) is 6.67. The first-order chi connectivity index (χ1) is 20.1. The molecule has 0 bridgehead atoms. The minimum Gasteiger partial charge on any atom is -0.357 e. The SMILES string of the molecule is CNC(=O)[C@@H](Cc1ccccc1)N(Cc1cccc(Br)c1)C(=O)CN(c1ccccc1C)S(=O)(=O)c1ccc(C)cc1. The predicted octanol–water partition coefficient (Wildman–Crippen LogP) is 5.65. The monoisotopic (exact) mass is 647 g/mol. The van der Waals surface area contributed by atoms with Crippen molar-refractivity contribution in [3.63, 3.8) is 0 Å². The number of hydrogen-bond acceptors (Lipinski definition) is 4. The summed E-state index contributed by atoms with van der Waals surface area (Å²) in [6, 6.07) is 29.7. The number of carbonyl (C=O) groups is 2. The van der Waals surface area contributed by atoms with E-state index in [1.54, 1.807) is 49.4 Å². The molecule has 1 atom stereocenters. The van der Waals surface area contributed by atoms with E-state index < -0.39 is 28.5 Å². The van der Waals surface area contributed by atoms with Gasteiger partial charge in [-0.3, -0.25) is 13.9 Å². The summed E-state index contributed by atoms with van der Waals surface area (Å²) in [6.45, 7) is 3.30. The van der Waals surface area contributed by atoms with Gasteiger partial charge in [0.1, 0.15) is 12.6 Å². The van der Waals surface area contributed by atoms with Crippen LogP contribution in [0.15, 0.2) is 112 Å². The second-order valence-electron chi connectivity index (χ2n) is 10.1. The Morgan fingerprint density at radius 3 is 2.12 bits per heavy atom. The molecule has 0 aliphatic heterocycles. The molecule has 0 saturated heterocycles. The van der Waals surface area contributed by atoms with Gasteiger partial charge in [0, 0.05) is 24.5 Å². The van der Waals surface area contributed by atoms with Gasteiger partial charge in [0.05, 0.1) is 10.6 Å². The lowest BCUT2D eigenvalue weighted by Crippen LogP contribution is -2.53. The van der Waals surface area contributed by atoms with Gasteiger partial charge in [-0.05, 0) is 60.9 Å². The maximum absolute atomic E-state index is 14.3. The first-order valence-corrected chi connectivity index (χ1v) is 15.8. The van der Waals surface area contributed by atoms with E-state index in [0.717, 1.165) is 25.5 Å². The highest BCUT2D eigenvalue weighted by atomic mass is 79.9. The molecule has 4 aromatic carbocycles. The second-order valence-corrected chi connectivity index (χ2v) is 12.9. The van der Waals surface area contributed by atoms with Gasteiger partial charge in [0.15, 0.2) is 0 Å². The third-order valence-corrected chi connectivity index (χ3v) is 9.30. The van der Waals surface area contributed by atoms with Crippen molar-refractivity contribution in [2.45, 2.75) is 37.8 Å². The molecule has 1 N–H and O–H groups in total. The molecule has 0 aromatic heterocycles. The first-order valence-electron chi connectivity index (χ1n) is 13.5. The number of anilines is 1. The Hall–Kier alpha value is -3.95. The molecule has 7 nitrogen and oxygen atoms in total. The molecule has 0 heterocycles. The minimum absolute atomic E-state index is 0.0785. The van der Waals surface area contributed by atoms with Crippen molar-refractivity contribution < 1.29 is 18.0 Å². The average molecular weight is 649 g/mol. The number of sulfonamides is 1. The molecule has 2 amide bonds. The molecule has 0 aliphatic rings. The van der Waals surface area contributed by atoms with Crippen LogP contribution in [0.1, 0.15) is 22.3 Å². The van der Waals surface area contributed by atoms with E-state index in [0.29, 0.717) is 11.3 Å². The molecule has 42 heavy (non-hydrogen) atoms. The van der Waals surface area contributed by atoms with Crippen LogP contribution in [-0.2, 0) is 32.6 Å². The lowest BCUT2D eigenvalue weighted by atomic mass is 10.0. The molecule has 0 fully saturated rings. The molecule has 0 radical (unpaired) electrons. The van der Waals surface area contributed by atoms with Gasteiger partial charge in [-0.2, -0.15) is 0 Å². The molecule has 9 heteroatoms. The molecule has 0 saturated carbocycles. The summed E-state index contributed by atoms with van der Waals surface area (Å²) >= 11 is 3.49. The summed E-state index contributed by atoms with van der Waals surface area (Å²) in [5.41, 5.74) is 3.69. The number of hydrogen-bond donors (Lipinski definition) is 1. The topological polar surface area (TPSA) is 86.8 Å². The fraction of sp³-hybridized carbons (Fsp3) is 0.212. The number of benzene rings is 4. The van der Waals surface area contributed by atoms with Crippen LogP contribution in [-0.4, -0.2) is 44.8 Å². The molecule has 4 rings (SSSR count). The summed E-state index contributed by atoms with van der Waals surface area (Å²) in [6.07, 6.45) is 0.259. The number of para-hydroxylation sites is 1.